The van der Waals surface area contributed by atoms with Crippen molar-refractivity contribution in [3.05, 3.63) is 17.0 Å². The lowest BCUT2D eigenvalue weighted by molar-refractivity contribution is 0.163. The summed E-state index contributed by atoms with van der Waals surface area (Å²) in [6.07, 6.45) is -1.09. The Kier molecular flexibility index (Phi) is 3.33. The van der Waals surface area contributed by atoms with Crippen molar-refractivity contribution < 1.29 is 8.78 Å². The molecule has 0 saturated heterocycles. The molecule has 1 aromatic heterocycles. The van der Waals surface area contributed by atoms with Gasteiger partial charge in [0.2, 0.25) is 0 Å². The lowest BCUT2D eigenvalue weighted by atomic mass is 10.5. The molecule has 0 amide bonds. The number of aromatic nitrogens is 2. The van der Waals surface area contributed by atoms with Crippen LogP contribution >= 0.6 is 15.9 Å². The molecular formula is C6H6BrF2N3. The van der Waals surface area contributed by atoms with Crippen molar-refractivity contribution in [1.29, 1.82) is 0 Å². The summed E-state index contributed by atoms with van der Waals surface area (Å²) < 4.78 is 24.0. The number of hydrogen-bond donors (Lipinski definition) is 1. The maximum Gasteiger partial charge on any atom is 0.255 e. The highest BCUT2D eigenvalue weighted by Crippen LogP contribution is 2.09. The number of halogens is 3. The van der Waals surface area contributed by atoms with Crippen LogP contribution in [-0.2, 0) is 0 Å². The number of rotatable bonds is 3. The minimum absolute atomic E-state index is 0.386. The molecule has 1 aromatic rings. The lowest BCUT2D eigenvalue weighted by Gasteiger charge is -2.03. The molecular weight excluding hydrogens is 232 g/mol. The molecule has 0 aromatic carbocycles. The third kappa shape index (κ3) is 3.08. The van der Waals surface area contributed by atoms with Gasteiger partial charge in [-0.15, -0.1) is 0 Å². The average molecular weight is 238 g/mol. The van der Waals surface area contributed by atoms with Crippen molar-refractivity contribution in [2.45, 2.75) is 6.43 Å². The summed E-state index contributed by atoms with van der Waals surface area (Å²) >= 11 is 3.09. The van der Waals surface area contributed by atoms with Gasteiger partial charge in [-0.25, -0.2) is 18.7 Å². The van der Waals surface area contributed by atoms with Gasteiger partial charge in [0.05, 0.1) is 6.54 Å². The Morgan fingerprint density at radius 1 is 1.50 bits per heavy atom. The zero-order valence-electron chi connectivity index (χ0n) is 5.97. The fraction of sp³-hybridized carbons (Fsp3) is 0.333. The van der Waals surface area contributed by atoms with Gasteiger partial charge in [-0.3, -0.25) is 0 Å². The molecule has 12 heavy (non-hydrogen) atoms. The molecule has 0 spiro atoms. The second-order valence-corrected chi connectivity index (χ2v) is 2.81. The number of anilines is 1. The molecule has 0 aliphatic heterocycles. The highest BCUT2D eigenvalue weighted by Gasteiger charge is 2.02. The van der Waals surface area contributed by atoms with Crippen LogP contribution in [-0.4, -0.2) is 22.9 Å². The van der Waals surface area contributed by atoms with Gasteiger partial charge in [-0.1, -0.05) is 0 Å². The van der Waals surface area contributed by atoms with E-state index in [1.54, 1.807) is 0 Å². The minimum Gasteiger partial charge on any atom is -0.364 e. The first-order valence-electron chi connectivity index (χ1n) is 3.18. The molecule has 0 atom stereocenters. The Morgan fingerprint density at radius 2 is 2.25 bits per heavy atom. The van der Waals surface area contributed by atoms with Gasteiger partial charge >= 0.3 is 0 Å². The van der Waals surface area contributed by atoms with E-state index < -0.39 is 13.0 Å². The van der Waals surface area contributed by atoms with E-state index in [0.29, 0.717) is 10.4 Å². The summed E-state index contributed by atoms with van der Waals surface area (Å²) in [5.41, 5.74) is 0. The molecule has 6 heteroatoms. The van der Waals surface area contributed by atoms with Crippen LogP contribution < -0.4 is 5.32 Å². The maximum atomic E-state index is 11.7. The molecule has 1 heterocycles. The van der Waals surface area contributed by atoms with Gasteiger partial charge in [0.15, 0.2) is 0 Å². The Bertz CT molecular complexity index is 256. The zero-order chi connectivity index (χ0) is 8.97. The van der Waals surface area contributed by atoms with E-state index in [4.69, 9.17) is 0 Å². The predicted molar refractivity (Wildman–Crippen MR) is 44.2 cm³/mol. The third-order valence-corrected chi connectivity index (χ3v) is 1.50. The molecule has 1 N–H and O–H groups in total. The second kappa shape index (κ2) is 4.30. The van der Waals surface area contributed by atoms with Crippen LogP contribution in [0.5, 0.6) is 0 Å². The van der Waals surface area contributed by atoms with Crippen LogP contribution in [0.3, 0.4) is 0 Å². The van der Waals surface area contributed by atoms with Gasteiger partial charge in [-0.2, -0.15) is 0 Å². The molecule has 3 nitrogen and oxygen atoms in total. The summed E-state index contributed by atoms with van der Waals surface area (Å²) in [4.78, 5) is 7.47. The Morgan fingerprint density at radius 3 is 2.83 bits per heavy atom. The quantitative estimate of drug-likeness (QED) is 0.817. The van der Waals surface area contributed by atoms with E-state index in [2.05, 4.69) is 31.2 Å². The summed E-state index contributed by atoms with van der Waals surface area (Å²) in [6.45, 7) is -0.399. The van der Waals surface area contributed by atoms with E-state index in [9.17, 15) is 8.78 Å². The third-order valence-electron chi connectivity index (χ3n) is 1.07. The number of nitrogens with zero attached hydrogens (tertiary/aromatic N) is 2. The molecule has 0 fully saturated rings. The maximum absolute atomic E-state index is 11.7. The Labute approximate surface area is 76.3 Å². The van der Waals surface area contributed by atoms with Crippen LogP contribution in [0, 0.1) is 0 Å². The van der Waals surface area contributed by atoms with Crippen molar-refractivity contribution in [1.82, 2.24) is 9.97 Å². The van der Waals surface area contributed by atoms with E-state index in [0.717, 1.165) is 0 Å². The minimum atomic E-state index is -2.38. The predicted octanol–water partition coefficient (Wildman–Crippen LogP) is 1.92. The molecule has 0 saturated carbocycles. The van der Waals surface area contributed by atoms with Crippen LogP contribution in [0.2, 0.25) is 0 Å². The largest absolute Gasteiger partial charge is 0.364 e. The van der Waals surface area contributed by atoms with Crippen LogP contribution in [0.15, 0.2) is 17.0 Å². The summed E-state index contributed by atoms with van der Waals surface area (Å²) in [7, 11) is 0. The van der Waals surface area contributed by atoms with Crippen LogP contribution in [0.1, 0.15) is 0 Å². The van der Waals surface area contributed by atoms with Crippen LogP contribution in [0.25, 0.3) is 0 Å². The van der Waals surface area contributed by atoms with Gasteiger partial charge < -0.3 is 5.32 Å². The molecule has 0 radical (unpaired) electrons. The standard InChI is InChI=1S/C6H6BrF2N3/c7-4-1-6(12-3-11-4)10-2-5(8)9/h1,3,5H,2H2,(H,10,11,12). The lowest BCUT2D eigenvalue weighted by Crippen LogP contribution is -2.11. The topological polar surface area (TPSA) is 37.8 Å². The molecule has 0 aliphatic carbocycles. The van der Waals surface area contributed by atoms with E-state index in [1.165, 1.54) is 12.4 Å². The smallest absolute Gasteiger partial charge is 0.255 e. The first kappa shape index (κ1) is 9.31. The first-order valence-corrected chi connectivity index (χ1v) is 3.97. The molecule has 1 rings (SSSR count). The van der Waals surface area contributed by atoms with Crippen molar-refractivity contribution in [3.63, 3.8) is 0 Å². The number of nitrogens with one attached hydrogen (secondary N) is 1. The second-order valence-electron chi connectivity index (χ2n) is 2.00. The molecule has 0 bridgehead atoms. The first-order chi connectivity index (χ1) is 5.68. The molecule has 0 unspecified atom stereocenters. The highest BCUT2D eigenvalue weighted by atomic mass is 79.9. The Hall–Kier alpha value is -0.780. The van der Waals surface area contributed by atoms with E-state index in [-0.39, 0.29) is 0 Å². The fourth-order valence-electron chi connectivity index (χ4n) is 0.612. The molecule has 66 valence electrons. The highest BCUT2D eigenvalue weighted by molar-refractivity contribution is 9.10. The van der Waals surface area contributed by atoms with Gasteiger partial charge in [-0.05, 0) is 15.9 Å². The summed E-state index contributed by atoms with van der Waals surface area (Å²) in [5, 5.41) is 2.45. The Balaban J connectivity index is 2.52. The monoisotopic (exact) mass is 237 g/mol. The van der Waals surface area contributed by atoms with Gasteiger partial charge in [0, 0.05) is 6.07 Å². The number of hydrogen-bond acceptors (Lipinski definition) is 3. The van der Waals surface area contributed by atoms with Crippen molar-refractivity contribution in [2.75, 3.05) is 11.9 Å². The van der Waals surface area contributed by atoms with Crippen molar-refractivity contribution in [2.24, 2.45) is 0 Å². The molecule has 0 aliphatic rings. The van der Waals surface area contributed by atoms with E-state index >= 15 is 0 Å². The summed E-state index contributed by atoms with van der Waals surface area (Å²) in [6, 6.07) is 1.53. The number of alkyl halides is 2. The van der Waals surface area contributed by atoms with Crippen LogP contribution in [0.4, 0.5) is 14.6 Å². The van der Waals surface area contributed by atoms with Crippen molar-refractivity contribution in [3.8, 4) is 0 Å². The SMILES string of the molecule is FC(F)CNc1cc(Br)ncn1. The normalized spacial score (nSPS) is 10.3. The zero-order valence-corrected chi connectivity index (χ0v) is 7.55. The fourth-order valence-corrected chi connectivity index (χ4v) is 0.920. The van der Waals surface area contributed by atoms with E-state index in [1.807, 2.05) is 0 Å². The van der Waals surface area contributed by atoms with Gasteiger partial charge in [0.1, 0.15) is 16.7 Å². The average Bonchev–Trinajstić information content (AvgIpc) is 2.01. The van der Waals surface area contributed by atoms with Gasteiger partial charge in [0.25, 0.3) is 6.43 Å². The summed E-state index contributed by atoms with van der Waals surface area (Å²) in [5.74, 6) is 0.386. The van der Waals surface area contributed by atoms with Crippen molar-refractivity contribution >= 4 is 21.7 Å².